The van der Waals surface area contributed by atoms with Gasteiger partial charge in [-0.2, -0.15) is 0 Å². The second kappa shape index (κ2) is 58.6. The number of phosphoric acid groups is 1. The smallest absolute Gasteiger partial charge is 0.387 e. The molecule has 0 aliphatic rings. The van der Waals surface area contributed by atoms with Crippen molar-refractivity contribution in [3.8, 4) is 0 Å². The normalized spacial score (nSPS) is 14.2. The first-order chi connectivity index (χ1) is 37.5. The maximum Gasteiger partial charge on any atom is 0.472 e. The van der Waals surface area contributed by atoms with Gasteiger partial charge in [-0.15, -0.1) is 0 Å². The van der Waals surface area contributed by atoms with Gasteiger partial charge in [0.25, 0.3) is 0 Å². The van der Waals surface area contributed by atoms with Crippen molar-refractivity contribution in [1.82, 2.24) is 5.32 Å². The Kier molecular flexibility index (Phi) is 57.0. The molecule has 0 aliphatic carbocycles. The topological polar surface area (TPSA) is 105 Å². The van der Waals surface area contributed by atoms with Gasteiger partial charge in [-0.1, -0.05) is 286 Å². The third-order valence-electron chi connectivity index (χ3n) is 14.6. The Hall–Kier alpha value is -2.06. The number of unbranched alkanes of at least 4 members (excludes halogenated alkanes) is 37. The van der Waals surface area contributed by atoms with E-state index in [1.807, 2.05) is 27.2 Å². The van der Waals surface area contributed by atoms with Crippen molar-refractivity contribution in [3.63, 3.8) is 0 Å². The first-order valence-electron chi connectivity index (χ1n) is 32.8. The lowest BCUT2D eigenvalue weighted by Gasteiger charge is -2.25. The standard InChI is InChI=1S/C68H127N2O6P/c1-6-8-10-12-14-16-18-20-22-24-25-26-27-28-29-30-31-32-33-34-35-36-37-38-39-40-41-42-43-44-45-46-48-50-52-54-56-58-60-62-68(72)69-66(65-76-77(73,74)75-64-63-70(3,4)5)67(71)61-59-57-55-53-51-49-47-23-21-19-17-15-13-11-9-7-2/h18,20-21,23-25,27-28,51,53,59,61,66-67,71H,6-17,19,22,26,29-50,52,54-58,60,62-65H2,1-5H3,(H-,69,72,73,74)/p+1/b20-18-,23-21+,25-24-,28-27-,53-51+,61-59+. The van der Waals surface area contributed by atoms with Gasteiger partial charge in [0, 0.05) is 6.42 Å². The molecule has 0 aromatic heterocycles. The number of aliphatic hydroxyl groups is 1. The lowest BCUT2D eigenvalue weighted by molar-refractivity contribution is -0.870. The molecule has 1 amide bonds. The highest BCUT2D eigenvalue weighted by Crippen LogP contribution is 2.43. The molecule has 0 aliphatic heterocycles. The molecule has 0 spiro atoms. The van der Waals surface area contributed by atoms with E-state index in [1.165, 1.54) is 225 Å². The molecule has 0 heterocycles. The van der Waals surface area contributed by atoms with Gasteiger partial charge in [-0.3, -0.25) is 13.8 Å². The van der Waals surface area contributed by atoms with Crippen LogP contribution in [0.5, 0.6) is 0 Å². The average molecular weight is 1100 g/mol. The van der Waals surface area contributed by atoms with Crippen LogP contribution in [0.4, 0.5) is 0 Å². The summed E-state index contributed by atoms with van der Waals surface area (Å²) in [6.07, 6.45) is 81.9. The molecule has 77 heavy (non-hydrogen) atoms. The molecule has 9 heteroatoms. The first kappa shape index (κ1) is 74.9. The fourth-order valence-electron chi connectivity index (χ4n) is 9.50. The number of nitrogens with one attached hydrogen (secondary N) is 1. The number of nitrogens with zero attached hydrogens (tertiary/aromatic N) is 1. The molecule has 3 atom stereocenters. The summed E-state index contributed by atoms with van der Waals surface area (Å²) >= 11 is 0. The Morgan fingerprint density at radius 1 is 0.442 bits per heavy atom. The minimum absolute atomic E-state index is 0.0531. The number of rotatable bonds is 60. The number of carbonyl (C=O) groups excluding carboxylic acids is 1. The van der Waals surface area contributed by atoms with E-state index in [9.17, 15) is 19.4 Å². The van der Waals surface area contributed by atoms with E-state index in [-0.39, 0.29) is 19.1 Å². The first-order valence-corrected chi connectivity index (χ1v) is 34.3. The molecule has 0 saturated heterocycles. The van der Waals surface area contributed by atoms with Crippen LogP contribution in [0.25, 0.3) is 0 Å². The summed E-state index contributed by atoms with van der Waals surface area (Å²) in [5.74, 6) is -0.188. The Labute approximate surface area is 478 Å². The van der Waals surface area contributed by atoms with Gasteiger partial charge < -0.3 is 19.8 Å². The maximum atomic E-state index is 13.0. The number of hydrogen-bond donors (Lipinski definition) is 3. The fraction of sp³-hybridized carbons (Fsp3) is 0.809. The summed E-state index contributed by atoms with van der Waals surface area (Å²) in [4.78, 5) is 23.3. The zero-order chi connectivity index (χ0) is 56.3. The Morgan fingerprint density at radius 3 is 1.13 bits per heavy atom. The van der Waals surface area contributed by atoms with Crippen LogP contribution in [0.15, 0.2) is 72.9 Å². The van der Waals surface area contributed by atoms with Crippen LogP contribution in [-0.2, 0) is 18.4 Å². The van der Waals surface area contributed by atoms with Crippen molar-refractivity contribution in [2.75, 3.05) is 40.9 Å². The van der Waals surface area contributed by atoms with E-state index in [1.54, 1.807) is 6.08 Å². The third-order valence-corrected chi connectivity index (χ3v) is 15.6. The van der Waals surface area contributed by atoms with Crippen LogP contribution in [0.3, 0.4) is 0 Å². The number of allylic oxidation sites excluding steroid dienone is 11. The summed E-state index contributed by atoms with van der Waals surface area (Å²) in [6.45, 7) is 4.78. The lowest BCUT2D eigenvalue weighted by Crippen LogP contribution is -2.45. The number of quaternary nitrogens is 1. The zero-order valence-corrected chi connectivity index (χ0v) is 52.3. The highest BCUT2D eigenvalue weighted by molar-refractivity contribution is 7.47. The van der Waals surface area contributed by atoms with Crippen molar-refractivity contribution in [2.45, 2.75) is 315 Å². The van der Waals surface area contributed by atoms with Crippen LogP contribution >= 0.6 is 7.82 Å². The number of carbonyl (C=O) groups is 1. The molecule has 0 radical (unpaired) electrons. The summed E-state index contributed by atoms with van der Waals surface area (Å²) in [5.41, 5.74) is 0. The molecular formula is C68H128N2O6P+. The SMILES string of the molecule is CCCCCCC/C=C\C/C=C\C/C=C\CCCCCCCCCCCCCCCCCCCCCCCCCCC(=O)NC(COP(=O)(O)OCC[N+](C)(C)C)C(O)/C=C/CC/C=C/CC/C=C/CCCCCCCC. The largest absolute Gasteiger partial charge is 0.472 e. The number of phosphoric ester groups is 1. The monoisotopic (exact) mass is 1100 g/mol. The molecule has 0 aromatic rings. The van der Waals surface area contributed by atoms with Crippen LogP contribution in [0, 0.1) is 0 Å². The predicted octanol–water partition coefficient (Wildman–Crippen LogP) is 20.6. The maximum absolute atomic E-state index is 13.0. The molecule has 0 aromatic carbocycles. The average Bonchev–Trinajstić information content (AvgIpc) is 3.39. The second-order valence-corrected chi connectivity index (χ2v) is 24.9. The van der Waals surface area contributed by atoms with Crippen LogP contribution in [0.1, 0.15) is 303 Å². The molecular weight excluding hydrogens is 972 g/mol. The van der Waals surface area contributed by atoms with Crippen LogP contribution in [0.2, 0.25) is 0 Å². The molecule has 0 saturated carbocycles. The molecule has 3 N–H and O–H groups in total. The summed E-state index contributed by atoms with van der Waals surface area (Å²) in [7, 11) is 1.55. The number of hydrogen-bond acceptors (Lipinski definition) is 5. The zero-order valence-electron chi connectivity index (χ0n) is 51.4. The fourth-order valence-corrected chi connectivity index (χ4v) is 10.2. The van der Waals surface area contributed by atoms with E-state index in [0.717, 1.165) is 57.8 Å². The molecule has 0 fully saturated rings. The molecule has 8 nitrogen and oxygen atoms in total. The van der Waals surface area contributed by atoms with E-state index in [2.05, 4.69) is 79.9 Å². The summed E-state index contributed by atoms with van der Waals surface area (Å²) in [5, 5.41) is 13.9. The lowest BCUT2D eigenvalue weighted by atomic mass is 10.0. The quantitative estimate of drug-likeness (QED) is 0.0243. The number of likely N-dealkylation sites (N-methyl/N-ethyl adjacent to an activating group) is 1. The number of amides is 1. The summed E-state index contributed by atoms with van der Waals surface area (Å²) in [6, 6.07) is -0.871. The van der Waals surface area contributed by atoms with Gasteiger partial charge in [0.05, 0.1) is 39.9 Å². The van der Waals surface area contributed by atoms with E-state index < -0.39 is 20.0 Å². The van der Waals surface area contributed by atoms with E-state index >= 15 is 0 Å². The van der Waals surface area contributed by atoms with Gasteiger partial charge in [0.15, 0.2) is 0 Å². The second-order valence-electron chi connectivity index (χ2n) is 23.5. The molecule has 0 bridgehead atoms. The van der Waals surface area contributed by atoms with Crippen molar-refractivity contribution in [1.29, 1.82) is 0 Å². The highest BCUT2D eigenvalue weighted by atomic mass is 31.2. The Balaban J connectivity index is 3.96. The van der Waals surface area contributed by atoms with E-state index in [0.29, 0.717) is 17.4 Å². The van der Waals surface area contributed by atoms with Gasteiger partial charge >= 0.3 is 7.82 Å². The molecule has 3 unspecified atom stereocenters. The van der Waals surface area contributed by atoms with Crippen molar-refractivity contribution in [3.05, 3.63) is 72.9 Å². The van der Waals surface area contributed by atoms with E-state index in [4.69, 9.17) is 9.05 Å². The minimum atomic E-state index is -4.36. The highest BCUT2D eigenvalue weighted by Gasteiger charge is 2.27. The molecule has 0 rings (SSSR count). The number of aliphatic hydroxyl groups excluding tert-OH is 1. The van der Waals surface area contributed by atoms with Gasteiger partial charge in [0.2, 0.25) is 5.91 Å². The third kappa shape index (κ3) is 61.4. The van der Waals surface area contributed by atoms with Crippen molar-refractivity contribution in [2.24, 2.45) is 0 Å². The Morgan fingerprint density at radius 2 is 0.753 bits per heavy atom. The Bertz CT molecular complexity index is 1480. The predicted molar refractivity (Wildman–Crippen MR) is 337 cm³/mol. The van der Waals surface area contributed by atoms with Gasteiger partial charge in [0.1, 0.15) is 13.2 Å². The van der Waals surface area contributed by atoms with Crippen LogP contribution < -0.4 is 5.32 Å². The summed E-state index contributed by atoms with van der Waals surface area (Å²) < 4.78 is 23.7. The van der Waals surface area contributed by atoms with Crippen LogP contribution in [-0.4, -0.2) is 73.4 Å². The van der Waals surface area contributed by atoms with Crippen molar-refractivity contribution < 1.29 is 32.9 Å². The van der Waals surface area contributed by atoms with Gasteiger partial charge in [-0.25, -0.2) is 4.57 Å². The van der Waals surface area contributed by atoms with Crippen molar-refractivity contribution >= 4 is 13.7 Å². The van der Waals surface area contributed by atoms with Gasteiger partial charge in [-0.05, 0) is 83.5 Å². The molecule has 450 valence electrons. The minimum Gasteiger partial charge on any atom is -0.387 e.